The molecule has 1 saturated heterocycles. The number of nitrogens with one attached hydrogen (secondary N) is 1. The van der Waals surface area contributed by atoms with E-state index < -0.39 is 11.6 Å². The van der Waals surface area contributed by atoms with Crippen molar-refractivity contribution >= 4 is 11.8 Å². The molecule has 1 aliphatic carbocycles. The molecule has 5 heteroatoms. The van der Waals surface area contributed by atoms with Crippen molar-refractivity contribution in [1.29, 1.82) is 0 Å². The van der Waals surface area contributed by atoms with E-state index in [-0.39, 0.29) is 17.4 Å². The van der Waals surface area contributed by atoms with Gasteiger partial charge in [-0.2, -0.15) is 0 Å². The van der Waals surface area contributed by atoms with Crippen molar-refractivity contribution in [3.05, 3.63) is 0 Å². The number of ether oxygens (including phenoxy) is 1. The van der Waals surface area contributed by atoms with Crippen LogP contribution in [0.3, 0.4) is 0 Å². The molecule has 0 aromatic heterocycles. The Kier molecular flexibility index (Phi) is 3.84. The van der Waals surface area contributed by atoms with Gasteiger partial charge in [0.05, 0.1) is 5.60 Å². The number of methoxy groups -OCH3 is 1. The number of rotatable bonds is 5. The van der Waals surface area contributed by atoms with E-state index >= 15 is 0 Å². The van der Waals surface area contributed by atoms with E-state index in [2.05, 4.69) is 5.32 Å². The molecule has 1 aliphatic heterocycles. The van der Waals surface area contributed by atoms with E-state index in [0.717, 1.165) is 19.3 Å². The second-order valence-corrected chi connectivity index (χ2v) is 6.82. The molecule has 1 heterocycles. The Morgan fingerprint density at radius 2 is 2.00 bits per heavy atom. The summed E-state index contributed by atoms with van der Waals surface area (Å²) < 4.78 is 5.42. The van der Waals surface area contributed by atoms with Gasteiger partial charge in [0, 0.05) is 13.7 Å². The molecule has 20 heavy (non-hydrogen) atoms. The highest BCUT2D eigenvalue weighted by molar-refractivity contribution is 5.99. The molecule has 2 aliphatic rings. The van der Waals surface area contributed by atoms with Crippen LogP contribution in [0, 0.1) is 5.92 Å². The van der Waals surface area contributed by atoms with Gasteiger partial charge in [-0.1, -0.05) is 0 Å². The maximum absolute atomic E-state index is 12.5. The predicted molar refractivity (Wildman–Crippen MR) is 76.2 cm³/mol. The molecule has 0 bridgehead atoms. The minimum absolute atomic E-state index is 0.0117. The fourth-order valence-electron chi connectivity index (χ4n) is 2.87. The van der Waals surface area contributed by atoms with Gasteiger partial charge < -0.3 is 15.0 Å². The highest BCUT2D eigenvalue weighted by Gasteiger charge is 2.56. The smallest absolute Gasteiger partial charge is 0.246 e. The first kappa shape index (κ1) is 15.3. The fourth-order valence-corrected chi connectivity index (χ4v) is 2.87. The lowest BCUT2D eigenvalue weighted by Gasteiger charge is -2.47. The standard InChI is InChI=1S/C15H26N2O3/c1-10-12(18)17(9-8-14(2,3)20-5)15(4,11-6-7-11)13(19)16-10/h10-11H,6-9H2,1-5H3,(H,16,19). The number of amides is 2. The van der Waals surface area contributed by atoms with Gasteiger partial charge in [-0.05, 0) is 52.9 Å². The minimum Gasteiger partial charge on any atom is -0.379 e. The molecule has 0 aromatic rings. The van der Waals surface area contributed by atoms with Gasteiger partial charge >= 0.3 is 0 Å². The van der Waals surface area contributed by atoms with E-state index in [1.807, 2.05) is 20.8 Å². The molecule has 2 fully saturated rings. The highest BCUT2D eigenvalue weighted by atomic mass is 16.5. The second kappa shape index (κ2) is 5.02. The Bertz CT molecular complexity index is 417. The van der Waals surface area contributed by atoms with Gasteiger partial charge in [-0.15, -0.1) is 0 Å². The average molecular weight is 282 g/mol. The molecule has 0 spiro atoms. The Morgan fingerprint density at radius 3 is 2.50 bits per heavy atom. The molecule has 0 aromatic carbocycles. The van der Waals surface area contributed by atoms with Gasteiger partial charge in [-0.3, -0.25) is 9.59 Å². The second-order valence-electron chi connectivity index (χ2n) is 6.82. The summed E-state index contributed by atoms with van der Waals surface area (Å²) in [4.78, 5) is 26.7. The van der Waals surface area contributed by atoms with Crippen LogP contribution in [0.2, 0.25) is 0 Å². The summed E-state index contributed by atoms with van der Waals surface area (Å²) in [6, 6.07) is -0.431. The number of hydrogen-bond acceptors (Lipinski definition) is 3. The van der Waals surface area contributed by atoms with Gasteiger partial charge in [0.1, 0.15) is 11.6 Å². The molecule has 114 valence electrons. The monoisotopic (exact) mass is 282 g/mol. The number of carbonyl (C=O) groups excluding carboxylic acids is 2. The van der Waals surface area contributed by atoms with Crippen LogP contribution in [0.15, 0.2) is 0 Å². The summed E-state index contributed by atoms with van der Waals surface area (Å²) in [6.07, 6.45) is 2.77. The average Bonchev–Trinajstić information content (AvgIpc) is 3.21. The molecular weight excluding hydrogens is 256 g/mol. The number of piperazine rings is 1. The SMILES string of the molecule is COC(C)(C)CCN1C(=O)C(C)NC(=O)C1(C)C1CC1. The lowest BCUT2D eigenvalue weighted by Crippen LogP contribution is -2.70. The first-order valence-corrected chi connectivity index (χ1v) is 7.40. The van der Waals surface area contributed by atoms with Crippen LogP contribution in [0.4, 0.5) is 0 Å². The van der Waals surface area contributed by atoms with Crippen LogP contribution in [-0.2, 0) is 14.3 Å². The summed E-state index contributed by atoms with van der Waals surface area (Å²) in [6.45, 7) is 8.22. The van der Waals surface area contributed by atoms with Crippen molar-refractivity contribution in [3.8, 4) is 0 Å². The highest BCUT2D eigenvalue weighted by Crippen LogP contribution is 2.45. The maximum atomic E-state index is 12.5. The van der Waals surface area contributed by atoms with Crippen molar-refractivity contribution in [1.82, 2.24) is 10.2 Å². The van der Waals surface area contributed by atoms with Crippen molar-refractivity contribution < 1.29 is 14.3 Å². The van der Waals surface area contributed by atoms with E-state index in [0.29, 0.717) is 12.5 Å². The third-order valence-corrected chi connectivity index (χ3v) is 4.87. The van der Waals surface area contributed by atoms with Crippen molar-refractivity contribution in [2.45, 2.75) is 64.1 Å². The maximum Gasteiger partial charge on any atom is 0.246 e. The fraction of sp³-hybridized carbons (Fsp3) is 0.867. The first-order chi connectivity index (χ1) is 9.22. The molecule has 5 nitrogen and oxygen atoms in total. The summed E-state index contributed by atoms with van der Waals surface area (Å²) in [5, 5.41) is 2.82. The van der Waals surface area contributed by atoms with Crippen LogP contribution in [0.1, 0.15) is 47.0 Å². The Balaban J connectivity index is 2.19. The third-order valence-electron chi connectivity index (χ3n) is 4.87. The molecule has 1 N–H and O–H groups in total. The lowest BCUT2D eigenvalue weighted by molar-refractivity contribution is -0.158. The van der Waals surface area contributed by atoms with Crippen molar-refractivity contribution in [3.63, 3.8) is 0 Å². The molecule has 2 atom stereocenters. The van der Waals surface area contributed by atoms with E-state index in [4.69, 9.17) is 4.74 Å². The van der Waals surface area contributed by atoms with Gasteiger partial charge in [0.15, 0.2) is 0 Å². The summed E-state index contributed by atoms with van der Waals surface area (Å²) in [5.74, 6) is 0.304. The molecular formula is C15H26N2O3. The Hall–Kier alpha value is -1.10. The summed E-state index contributed by atoms with van der Waals surface area (Å²) >= 11 is 0. The largest absolute Gasteiger partial charge is 0.379 e. The summed E-state index contributed by atoms with van der Waals surface area (Å²) in [5.41, 5.74) is -0.977. The summed E-state index contributed by atoms with van der Waals surface area (Å²) in [7, 11) is 1.67. The Labute approximate surface area is 121 Å². The Morgan fingerprint density at radius 1 is 1.40 bits per heavy atom. The van der Waals surface area contributed by atoms with E-state index in [1.54, 1.807) is 18.9 Å². The zero-order valence-electron chi connectivity index (χ0n) is 13.2. The molecule has 1 saturated carbocycles. The zero-order chi connectivity index (χ0) is 15.1. The number of hydrogen-bond donors (Lipinski definition) is 1. The normalized spacial score (nSPS) is 31.4. The van der Waals surface area contributed by atoms with Gasteiger partial charge in [0.2, 0.25) is 11.8 Å². The quantitative estimate of drug-likeness (QED) is 0.827. The van der Waals surface area contributed by atoms with Gasteiger partial charge in [0.25, 0.3) is 0 Å². The third kappa shape index (κ3) is 2.55. The first-order valence-electron chi connectivity index (χ1n) is 7.40. The topological polar surface area (TPSA) is 58.6 Å². The van der Waals surface area contributed by atoms with Crippen LogP contribution in [-0.4, -0.2) is 47.6 Å². The van der Waals surface area contributed by atoms with Crippen LogP contribution >= 0.6 is 0 Å². The van der Waals surface area contributed by atoms with Crippen LogP contribution in [0.5, 0.6) is 0 Å². The number of carbonyl (C=O) groups is 2. The lowest BCUT2D eigenvalue weighted by atomic mass is 9.87. The van der Waals surface area contributed by atoms with E-state index in [9.17, 15) is 9.59 Å². The predicted octanol–water partition coefficient (Wildman–Crippen LogP) is 1.32. The molecule has 2 amide bonds. The van der Waals surface area contributed by atoms with Crippen molar-refractivity contribution in [2.75, 3.05) is 13.7 Å². The van der Waals surface area contributed by atoms with Crippen LogP contribution < -0.4 is 5.32 Å². The molecule has 2 unspecified atom stereocenters. The van der Waals surface area contributed by atoms with E-state index in [1.165, 1.54) is 0 Å². The minimum atomic E-state index is -0.687. The van der Waals surface area contributed by atoms with Crippen molar-refractivity contribution in [2.24, 2.45) is 5.92 Å². The molecule has 2 rings (SSSR count). The van der Waals surface area contributed by atoms with Crippen LogP contribution in [0.25, 0.3) is 0 Å². The van der Waals surface area contributed by atoms with Gasteiger partial charge in [-0.25, -0.2) is 0 Å². The number of nitrogens with zero attached hydrogens (tertiary/aromatic N) is 1. The molecule has 0 radical (unpaired) electrons. The zero-order valence-corrected chi connectivity index (χ0v) is 13.2.